The zero-order chi connectivity index (χ0) is 13.4. The lowest BCUT2D eigenvalue weighted by Crippen LogP contribution is -2.47. The molecule has 1 N–H and O–H groups in total. The molecule has 100 valence electrons. The van der Waals surface area contributed by atoms with Gasteiger partial charge in [0.05, 0.1) is 5.60 Å². The maximum atomic E-state index is 11.0. The highest BCUT2D eigenvalue weighted by Gasteiger charge is 2.46. The first-order valence-corrected chi connectivity index (χ1v) is 6.81. The van der Waals surface area contributed by atoms with Crippen LogP contribution in [0.5, 0.6) is 0 Å². The molecule has 0 bridgehead atoms. The van der Waals surface area contributed by atoms with Crippen molar-refractivity contribution in [3.63, 3.8) is 0 Å². The third-order valence-electron chi connectivity index (χ3n) is 3.85. The van der Waals surface area contributed by atoms with E-state index in [0.29, 0.717) is 0 Å². The summed E-state index contributed by atoms with van der Waals surface area (Å²) in [7, 11) is 0. The Hall–Kier alpha value is -0.890. The van der Waals surface area contributed by atoms with Crippen molar-refractivity contribution in [3.05, 3.63) is 30.1 Å². The Labute approximate surface area is 110 Å². The highest BCUT2D eigenvalue weighted by Crippen LogP contribution is 2.50. The van der Waals surface area contributed by atoms with Gasteiger partial charge in [0, 0.05) is 18.8 Å². The second-order valence-electron chi connectivity index (χ2n) is 7.62. The van der Waals surface area contributed by atoms with Crippen molar-refractivity contribution >= 4 is 0 Å². The predicted octanol–water partition coefficient (Wildman–Crippen LogP) is 3.59. The van der Waals surface area contributed by atoms with E-state index < -0.39 is 5.60 Å². The molecule has 0 saturated heterocycles. The Morgan fingerprint density at radius 2 is 1.50 bits per heavy atom. The van der Waals surface area contributed by atoms with Gasteiger partial charge in [-0.2, -0.15) is 0 Å². The van der Waals surface area contributed by atoms with E-state index >= 15 is 0 Å². The molecule has 1 fully saturated rings. The number of aromatic nitrogens is 1. The zero-order valence-electron chi connectivity index (χ0n) is 12.0. The van der Waals surface area contributed by atoms with E-state index in [1.807, 2.05) is 12.1 Å². The highest BCUT2D eigenvalue weighted by atomic mass is 16.3. The Bertz CT molecular complexity index is 392. The van der Waals surface area contributed by atoms with Crippen molar-refractivity contribution < 1.29 is 5.11 Å². The fraction of sp³-hybridized carbons (Fsp3) is 0.688. The van der Waals surface area contributed by atoms with E-state index in [-0.39, 0.29) is 10.8 Å². The maximum Gasteiger partial charge on any atom is 0.0698 e. The Morgan fingerprint density at radius 3 is 2.00 bits per heavy atom. The van der Waals surface area contributed by atoms with Crippen molar-refractivity contribution in [1.82, 2.24) is 4.98 Å². The van der Waals surface area contributed by atoms with Crippen LogP contribution in [0.15, 0.2) is 24.5 Å². The number of aliphatic hydroxyl groups is 1. The van der Waals surface area contributed by atoms with Crippen LogP contribution in [0, 0.1) is 10.8 Å². The molecule has 2 heteroatoms. The molecule has 1 aliphatic carbocycles. The van der Waals surface area contributed by atoms with Crippen LogP contribution in [0.3, 0.4) is 0 Å². The first-order valence-electron chi connectivity index (χ1n) is 6.81. The minimum atomic E-state index is -0.577. The molecule has 1 aliphatic rings. The first kappa shape index (κ1) is 13.5. The van der Waals surface area contributed by atoms with Crippen LogP contribution in [-0.4, -0.2) is 15.7 Å². The maximum absolute atomic E-state index is 11.0. The van der Waals surface area contributed by atoms with Crippen LogP contribution >= 0.6 is 0 Å². The third kappa shape index (κ3) is 3.32. The molecule has 1 heterocycles. The zero-order valence-corrected chi connectivity index (χ0v) is 12.0. The molecule has 1 aromatic heterocycles. The molecule has 0 unspecified atom stereocenters. The van der Waals surface area contributed by atoms with Gasteiger partial charge < -0.3 is 5.11 Å². The topological polar surface area (TPSA) is 33.1 Å². The van der Waals surface area contributed by atoms with Crippen molar-refractivity contribution in [2.24, 2.45) is 10.8 Å². The van der Waals surface area contributed by atoms with Gasteiger partial charge in [-0.3, -0.25) is 4.98 Å². The van der Waals surface area contributed by atoms with Crippen LogP contribution in [0.25, 0.3) is 0 Å². The van der Waals surface area contributed by atoms with Crippen LogP contribution in [0.4, 0.5) is 0 Å². The SMILES string of the molecule is CC1(C)CC(C)(C)CC(O)(Cc2ccncc2)C1. The molecule has 0 atom stereocenters. The van der Waals surface area contributed by atoms with Crippen molar-refractivity contribution in [1.29, 1.82) is 0 Å². The lowest BCUT2D eigenvalue weighted by molar-refractivity contribution is -0.0851. The number of nitrogens with zero attached hydrogens (tertiary/aromatic N) is 1. The standard InChI is InChI=1S/C16H25NO/c1-14(2)10-15(3,4)12-16(18,11-14)9-13-5-7-17-8-6-13/h5-8,18H,9-12H2,1-4H3. The third-order valence-corrected chi connectivity index (χ3v) is 3.85. The largest absolute Gasteiger partial charge is 0.390 e. The Kier molecular flexibility index (Phi) is 3.26. The summed E-state index contributed by atoms with van der Waals surface area (Å²) in [5.41, 5.74) is 1.03. The molecule has 1 aromatic rings. The van der Waals surface area contributed by atoms with Gasteiger partial charge in [-0.05, 0) is 47.8 Å². The van der Waals surface area contributed by atoms with E-state index in [2.05, 4.69) is 32.7 Å². The first-order chi connectivity index (χ1) is 8.20. The van der Waals surface area contributed by atoms with Crippen molar-refractivity contribution in [2.45, 2.75) is 59.0 Å². The number of hydrogen-bond acceptors (Lipinski definition) is 2. The number of rotatable bonds is 2. The van der Waals surface area contributed by atoms with Crippen LogP contribution in [0.2, 0.25) is 0 Å². The van der Waals surface area contributed by atoms with E-state index in [4.69, 9.17) is 0 Å². The average Bonchev–Trinajstić information content (AvgIpc) is 2.11. The van der Waals surface area contributed by atoms with E-state index in [9.17, 15) is 5.11 Å². The smallest absolute Gasteiger partial charge is 0.0698 e. The quantitative estimate of drug-likeness (QED) is 0.866. The molecule has 0 radical (unpaired) electrons. The normalized spacial score (nSPS) is 24.7. The van der Waals surface area contributed by atoms with Gasteiger partial charge in [-0.25, -0.2) is 0 Å². The van der Waals surface area contributed by atoms with Gasteiger partial charge in [0.1, 0.15) is 0 Å². The van der Waals surface area contributed by atoms with E-state index in [1.165, 1.54) is 12.0 Å². The molecule has 0 aliphatic heterocycles. The molecule has 0 spiro atoms. The summed E-state index contributed by atoms with van der Waals surface area (Å²) in [6, 6.07) is 4.01. The summed E-state index contributed by atoms with van der Waals surface area (Å²) in [6.07, 6.45) is 7.29. The van der Waals surface area contributed by atoms with Crippen LogP contribution in [-0.2, 0) is 6.42 Å². The molecule has 18 heavy (non-hydrogen) atoms. The van der Waals surface area contributed by atoms with Gasteiger partial charge in [-0.15, -0.1) is 0 Å². The summed E-state index contributed by atoms with van der Waals surface area (Å²) >= 11 is 0. The second kappa shape index (κ2) is 4.34. The molecule has 0 amide bonds. The number of pyridine rings is 1. The molecular formula is C16H25NO. The summed E-state index contributed by atoms with van der Waals surface area (Å²) in [6.45, 7) is 9.08. The van der Waals surface area contributed by atoms with Gasteiger partial charge >= 0.3 is 0 Å². The fourth-order valence-electron chi connectivity index (χ4n) is 4.27. The molecule has 2 nitrogen and oxygen atoms in total. The van der Waals surface area contributed by atoms with Crippen LogP contribution in [0.1, 0.15) is 52.5 Å². The summed E-state index contributed by atoms with van der Waals surface area (Å²) in [5.74, 6) is 0. The van der Waals surface area contributed by atoms with Crippen LogP contribution < -0.4 is 0 Å². The highest BCUT2D eigenvalue weighted by molar-refractivity contribution is 5.14. The minimum absolute atomic E-state index is 0.212. The fourth-order valence-corrected chi connectivity index (χ4v) is 4.27. The van der Waals surface area contributed by atoms with E-state index in [1.54, 1.807) is 12.4 Å². The average molecular weight is 247 g/mol. The monoisotopic (exact) mass is 247 g/mol. The molecule has 0 aromatic carbocycles. The second-order valence-corrected chi connectivity index (χ2v) is 7.62. The molecular weight excluding hydrogens is 222 g/mol. The summed E-state index contributed by atoms with van der Waals surface area (Å²) in [5, 5.41) is 11.0. The van der Waals surface area contributed by atoms with E-state index in [0.717, 1.165) is 19.3 Å². The Morgan fingerprint density at radius 1 is 1.00 bits per heavy atom. The van der Waals surface area contributed by atoms with Gasteiger partial charge in [0.2, 0.25) is 0 Å². The summed E-state index contributed by atoms with van der Waals surface area (Å²) < 4.78 is 0. The lowest BCUT2D eigenvalue weighted by Gasteiger charge is -2.49. The van der Waals surface area contributed by atoms with Crippen molar-refractivity contribution in [2.75, 3.05) is 0 Å². The minimum Gasteiger partial charge on any atom is -0.390 e. The van der Waals surface area contributed by atoms with Gasteiger partial charge in [0.25, 0.3) is 0 Å². The van der Waals surface area contributed by atoms with Crippen molar-refractivity contribution in [3.8, 4) is 0 Å². The molecule has 2 rings (SSSR count). The Balaban J connectivity index is 2.19. The predicted molar refractivity (Wildman–Crippen MR) is 74.3 cm³/mol. The van der Waals surface area contributed by atoms with Gasteiger partial charge in [-0.1, -0.05) is 27.7 Å². The van der Waals surface area contributed by atoms with Gasteiger partial charge in [0.15, 0.2) is 0 Å². The number of hydrogen-bond donors (Lipinski definition) is 1. The lowest BCUT2D eigenvalue weighted by atomic mass is 9.58. The molecule has 1 saturated carbocycles. The summed E-state index contributed by atoms with van der Waals surface area (Å²) in [4.78, 5) is 4.04.